The Balaban J connectivity index is 1.89. The summed E-state index contributed by atoms with van der Waals surface area (Å²) in [6.07, 6.45) is -0.156. The van der Waals surface area contributed by atoms with Crippen LogP contribution >= 0.6 is 0 Å². The molecule has 6 unspecified atom stereocenters. The van der Waals surface area contributed by atoms with Gasteiger partial charge in [-0.1, -0.05) is 13.5 Å². The number of rotatable bonds is 2. The molecule has 0 radical (unpaired) electrons. The lowest BCUT2D eigenvalue weighted by molar-refractivity contribution is -0.152. The maximum Gasteiger partial charge on any atom is 0.333 e. The molecule has 0 aromatic rings. The normalized spacial score (nSPS) is 47.2. The van der Waals surface area contributed by atoms with Crippen LogP contribution in [-0.2, 0) is 23.8 Å². The average molecular weight is 272 g/mol. The number of ether oxygens (including phenoxy) is 1. The fourth-order valence-electron chi connectivity index (χ4n) is 3.74. The highest BCUT2D eigenvalue weighted by atomic mass is 32.2. The Kier molecular flexibility index (Phi) is 2.41. The minimum atomic E-state index is -3.48. The third kappa shape index (κ3) is 1.42. The molecule has 0 aromatic carbocycles. The maximum atomic E-state index is 11.9. The van der Waals surface area contributed by atoms with Gasteiger partial charge in [-0.15, -0.1) is 0 Å². The molecule has 2 saturated carbocycles. The lowest BCUT2D eigenvalue weighted by Crippen LogP contribution is -2.41. The number of fused-ring (bicyclic) bond motifs is 1. The van der Waals surface area contributed by atoms with Crippen LogP contribution < -0.4 is 0 Å². The van der Waals surface area contributed by atoms with Crippen molar-refractivity contribution in [3.8, 4) is 0 Å². The predicted molar refractivity (Wildman–Crippen MR) is 63.0 cm³/mol. The molecule has 3 aliphatic rings. The Morgan fingerprint density at radius 1 is 1.39 bits per heavy atom. The van der Waals surface area contributed by atoms with Gasteiger partial charge in [-0.3, -0.25) is 4.18 Å². The average Bonchev–Trinajstić information content (AvgIpc) is 2.80. The molecule has 100 valence electrons. The summed E-state index contributed by atoms with van der Waals surface area (Å²) in [7, 11) is -3.48. The lowest BCUT2D eigenvalue weighted by atomic mass is 9.86. The fraction of sp³-hybridized carbons (Fsp3) is 0.750. The van der Waals surface area contributed by atoms with Crippen LogP contribution in [0.1, 0.15) is 20.3 Å². The molecule has 6 atom stereocenters. The maximum absolute atomic E-state index is 11.9. The molecule has 1 aliphatic heterocycles. The van der Waals surface area contributed by atoms with E-state index in [0.717, 1.165) is 6.42 Å². The van der Waals surface area contributed by atoms with Gasteiger partial charge in [0, 0.05) is 17.4 Å². The summed E-state index contributed by atoms with van der Waals surface area (Å²) in [6.45, 7) is 7.01. The van der Waals surface area contributed by atoms with E-state index >= 15 is 0 Å². The predicted octanol–water partition coefficient (Wildman–Crippen LogP) is 0.857. The second-order valence-electron chi connectivity index (χ2n) is 5.59. The van der Waals surface area contributed by atoms with E-state index in [2.05, 4.69) is 6.58 Å². The molecule has 0 spiro atoms. The minimum absolute atomic E-state index is 0.0123. The molecule has 2 bridgehead atoms. The highest BCUT2D eigenvalue weighted by molar-refractivity contribution is 7.87. The second-order valence-corrected chi connectivity index (χ2v) is 7.31. The van der Waals surface area contributed by atoms with E-state index in [1.54, 1.807) is 6.92 Å². The van der Waals surface area contributed by atoms with Gasteiger partial charge in [-0.2, -0.15) is 8.42 Å². The molecular weight excluding hydrogens is 256 g/mol. The first-order chi connectivity index (χ1) is 8.33. The first-order valence-electron chi connectivity index (χ1n) is 6.11. The molecule has 0 aromatic heterocycles. The monoisotopic (exact) mass is 272 g/mol. The molecule has 1 saturated heterocycles. The van der Waals surface area contributed by atoms with Crippen LogP contribution in [-0.4, -0.2) is 31.8 Å². The van der Waals surface area contributed by atoms with Gasteiger partial charge in [-0.05, 0) is 19.3 Å². The molecule has 18 heavy (non-hydrogen) atoms. The molecular formula is C12H16O5S. The van der Waals surface area contributed by atoms with Gasteiger partial charge in [0.15, 0.2) is 0 Å². The molecule has 2 aliphatic carbocycles. The van der Waals surface area contributed by atoms with Crippen LogP contribution in [0, 0.1) is 17.8 Å². The summed E-state index contributed by atoms with van der Waals surface area (Å²) in [5.41, 5.74) is 0.322. The number of hydrogen-bond acceptors (Lipinski definition) is 5. The van der Waals surface area contributed by atoms with Crippen molar-refractivity contribution in [2.45, 2.75) is 37.7 Å². The zero-order valence-corrected chi connectivity index (χ0v) is 11.1. The van der Waals surface area contributed by atoms with E-state index in [1.807, 2.05) is 6.92 Å². The second kappa shape index (κ2) is 3.57. The van der Waals surface area contributed by atoms with Crippen LogP contribution in [0.5, 0.6) is 0 Å². The first kappa shape index (κ1) is 12.2. The molecule has 6 heteroatoms. The van der Waals surface area contributed by atoms with Crippen molar-refractivity contribution in [1.82, 2.24) is 0 Å². The van der Waals surface area contributed by atoms with Gasteiger partial charge in [0.1, 0.15) is 12.2 Å². The smallest absolute Gasteiger partial charge is 0.333 e. The molecule has 1 heterocycles. The number of carbonyl (C=O) groups is 1. The number of esters is 1. The van der Waals surface area contributed by atoms with E-state index in [4.69, 9.17) is 8.92 Å². The molecule has 0 N–H and O–H groups in total. The van der Waals surface area contributed by atoms with Crippen molar-refractivity contribution in [2.24, 2.45) is 17.8 Å². The van der Waals surface area contributed by atoms with E-state index < -0.39 is 33.5 Å². The summed E-state index contributed by atoms with van der Waals surface area (Å²) >= 11 is 0. The Morgan fingerprint density at radius 2 is 2.06 bits per heavy atom. The van der Waals surface area contributed by atoms with Crippen molar-refractivity contribution in [3.05, 3.63) is 12.2 Å². The topological polar surface area (TPSA) is 69.7 Å². The third-order valence-electron chi connectivity index (χ3n) is 4.50. The quantitative estimate of drug-likeness (QED) is 0.423. The number of carbonyl (C=O) groups excluding carboxylic acids is 1. The first-order valence-corrected chi connectivity index (χ1v) is 7.58. The van der Waals surface area contributed by atoms with E-state index in [1.165, 1.54) is 0 Å². The van der Waals surface area contributed by atoms with E-state index in [9.17, 15) is 13.2 Å². The SMILES string of the molecule is C=C(C)C(=O)OC1C2CC3C1OS(=O)(=O)C3C2C. The summed E-state index contributed by atoms with van der Waals surface area (Å²) in [5.74, 6) is -0.408. The highest BCUT2D eigenvalue weighted by Gasteiger charge is 2.68. The Bertz CT molecular complexity index is 523. The highest BCUT2D eigenvalue weighted by Crippen LogP contribution is 2.58. The van der Waals surface area contributed by atoms with Crippen molar-refractivity contribution in [3.63, 3.8) is 0 Å². The van der Waals surface area contributed by atoms with Crippen LogP contribution in [0.2, 0.25) is 0 Å². The van der Waals surface area contributed by atoms with Gasteiger partial charge in [0.25, 0.3) is 10.1 Å². The summed E-state index contributed by atoms with van der Waals surface area (Å²) < 4.78 is 34.3. The van der Waals surface area contributed by atoms with Gasteiger partial charge < -0.3 is 4.74 Å². The van der Waals surface area contributed by atoms with Crippen molar-refractivity contribution in [2.75, 3.05) is 0 Å². The number of hydrogen-bond donors (Lipinski definition) is 0. The minimum Gasteiger partial charge on any atom is -0.456 e. The Labute approximate surface area is 106 Å². The van der Waals surface area contributed by atoms with E-state index in [0.29, 0.717) is 5.57 Å². The molecule has 3 fully saturated rings. The van der Waals surface area contributed by atoms with Gasteiger partial charge in [-0.25, -0.2) is 4.79 Å². The van der Waals surface area contributed by atoms with Gasteiger partial charge in [0.2, 0.25) is 0 Å². The van der Waals surface area contributed by atoms with Crippen LogP contribution in [0.15, 0.2) is 12.2 Å². The lowest BCUT2D eigenvalue weighted by Gasteiger charge is -2.29. The van der Waals surface area contributed by atoms with Crippen LogP contribution in [0.3, 0.4) is 0 Å². The van der Waals surface area contributed by atoms with Crippen molar-refractivity contribution < 1.29 is 22.1 Å². The van der Waals surface area contributed by atoms with Crippen molar-refractivity contribution >= 4 is 16.1 Å². The third-order valence-corrected chi connectivity index (χ3v) is 6.43. The van der Waals surface area contributed by atoms with Crippen molar-refractivity contribution in [1.29, 1.82) is 0 Å². The summed E-state index contributed by atoms with van der Waals surface area (Å²) in [4.78, 5) is 11.6. The molecule has 5 nitrogen and oxygen atoms in total. The molecule has 0 amide bonds. The zero-order valence-electron chi connectivity index (χ0n) is 10.3. The fourth-order valence-corrected chi connectivity index (χ4v) is 5.85. The summed E-state index contributed by atoms with van der Waals surface area (Å²) in [5, 5.41) is -0.410. The summed E-state index contributed by atoms with van der Waals surface area (Å²) in [6, 6.07) is 0. The largest absolute Gasteiger partial charge is 0.456 e. The Hall–Kier alpha value is -0.880. The van der Waals surface area contributed by atoms with Crippen LogP contribution in [0.25, 0.3) is 0 Å². The standard InChI is InChI=1S/C12H16O5S/c1-5(2)12(13)16-9-7-4-8-10(9)17-18(14,15)11(8)6(7)3/h6-11H,1,4H2,2-3H3. The van der Waals surface area contributed by atoms with E-state index in [-0.39, 0.29) is 17.8 Å². The van der Waals surface area contributed by atoms with Gasteiger partial charge >= 0.3 is 5.97 Å². The Morgan fingerprint density at radius 3 is 2.67 bits per heavy atom. The zero-order chi connectivity index (χ0) is 13.2. The van der Waals surface area contributed by atoms with Crippen LogP contribution in [0.4, 0.5) is 0 Å². The molecule has 3 rings (SSSR count). The van der Waals surface area contributed by atoms with Gasteiger partial charge in [0.05, 0.1) is 5.25 Å².